The van der Waals surface area contributed by atoms with E-state index in [2.05, 4.69) is 20.0 Å². The normalized spacial score (nSPS) is 12.9. The van der Waals surface area contributed by atoms with Gasteiger partial charge in [0, 0.05) is 30.1 Å². The lowest BCUT2D eigenvalue weighted by atomic mass is 10.2. The first kappa shape index (κ1) is 18.5. The number of aromatic nitrogens is 2. The number of hydrogen-bond acceptors (Lipinski definition) is 6. The lowest BCUT2D eigenvalue weighted by Gasteiger charge is -2.12. The molecule has 1 aliphatic heterocycles. The Hall–Kier alpha value is -2.84. The molecule has 0 unspecified atom stereocenters. The van der Waals surface area contributed by atoms with Gasteiger partial charge in [-0.15, -0.1) is 0 Å². The Morgan fingerprint density at radius 3 is 2.86 bits per heavy atom. The molecule has 0 saturated heterocycles. The van der Waals surface area contributed by atoms with Gasteiger partial charge in [0.15, 0.2) is 17.3 Å². The van der Waals surface area contributed by atoms with Crippen LogP contribution in [0, 0.1) is 0 Å². The molecule has 1 aromatic heterocycles. The lowest BCUT2D eigenvalue weighted by Crippen LogP contribution is -2.28. The Morgan fingerprint density at radius 1 is 1.18 bits per heavy atom. The Balaban J connectivity index is 1.37. The number of nitrogens with zero attached hydrogens (tertiary/aromatic N) is 2. The highest BCUT2D eigenvalue weighted by molar-refractivity contribution is 7.10. The van der Waals surface area contributed by atoms with Crippen LogP contribution in [0.4, 0.5) is 9.93 Å². The first-order valence-electron chi connectivity index (χ1n) is 8.71. The fourth-order valence-electron chi connectivity index (χ4n) is 2.69. The Bertz CT molecular complexity index is 981. The fraction of sp³-hybridized carbons (Fsp3) is 0.211. The average molecular weight is 417 g/mol. The molecular formula is C19H17ClN4O3S. The number of halogens is 1. The van der Waals surface area contributed by atoms with Crippen molar-refractivity contribution in [3.05, 3.63) is 53.1 Å². The van der Waals surface area contributed by atoms with Crippen LogP contribution in [-0.4, -0.2) is 28.6 Å². The quantitative estimate of drug-likeness (QED) is 0.660. The summed E-state index contributed by atoms with van der Waals surface area (Å²) in [5.41, 5.74) is 1.71. The predicted octanol–water partition coefficient (Wildman–Crippen LogP) is 4.34. The van der Waals surface area contributed by atoms with E-state index in [1.807, 2.05) is 36.4 Å². The second-order valence-corrected chi connectivity index (χ2v) is 7.21. The van der Waals surface area contributed by atoms with Crippen LogP contribution in [0.25, 0.3) is 11.4 Å². The van der Waals surface area contributed by atoms with E-state index < -0.39 is 0 Å². The Labute approximate surface area is 170 Å². The Morgan fingerprint density at radius 2 is 2.00 bits per heavy atom. The van der Waals surface area contributed by atoms with Crippen LogP contribution >= 0.6 is 23.1 Å². The molecule has 2 N–H and O–H groups in total. The van der Waals surface area contributed by atoms with Crippen LogP contribution in [-0.2, 0) is 6.54 Å². The summed E-state index contributed by atoms with van der Waals surface area (Å²) in [5.74, 6) is 1.73. The molecule has 28 heavy (non-hydrogen) atoms. The number of urea groups is 1. The maximum atomic E-state index is 12.2. The third-order valence-electron chi connectivity index (χ3n) is 3.99. The summed E-state index contributed by atoms with van der Waals surface area (Å²) >= 11 is 7.40. The highest BCUT2D eigenvalue weighted by Gasteiger charge is 2.16. The zero-order valence-corrected chi connectivity index (χ0v) is 16.3. The summed E-state index contributed by atoms with van der Waals surface area (Å²) in [6, 6.07) is 12.8. The summed E-state index contributed by atoms with van der Waals surface area (Å²) in [5, 5.41) is 6.37. The molecule has 144 valence electrons. The highest BCUT2D eigenvalue weighted by Crippen LogP contribution is 2.37. The number of amides is 2. The number of rotatable bonds is 4. The molecule has 0 aliphatic carbocycles. The number of anilines is 1. The fourth-order valence-corrected chi connectivity index (χ4v) is 3.56. The molecule has 0 saturated carbocycles. The molecule has 7 nitrogen and oxygen atoms in total. The molecule has 4 rings (SSSR count). The first-order valence-corrected chi connectivity index (χ1v) is 9.86. The smallest absolute Gasteiger partial charge is 0.321 e. The molecule has 9 heteroatoms. The molecule has 0 bridgehead atoms. The predicted molar refractivity (Wildman–Crippen MR) is 108 cm³/mol. The zero-order valence-electron chi connectivity index (χ0n) is 14.8. The van der Waals surface area contributed by atoms with E-state index in [4.69, 9.17) is 21.1 Å². The van der Waals surface area contributed by atoms with E-state index in [9.17, 15) is 4.79 Å². The first-order chi connectivity index (χ1) is 13.7. The van der Waals surface area contributed by atoms with Crippen LogP contribution in [0.5, 0.6) is 11.5 Å². The van der Waals surface area contributed by atoms with Crippen LogP contribution in [0.3, 0.4) is 0 Å². The maximum Gasteiger partial charge on any atom is 0.321 e. The van der Waals surface area contributed by atoms with Gasteiger partial charge in [0.1, 0.15) is 0 Å². The molecule has 2 amide bonds. The SMILES string of the molecule is O=C(NCc1cc(Cl)c2c(c1)OCCCO2)Nc1nc(-c2ccccc2)ns1. The topological polar surface area (TPSA) is 85.4 Å². The van der Waals surface area contributed by atoms with Crippen molar-refractivity contribution in [1.29, 1.82) is 0 Å². The largest absolute Gasteiger partial charge is 0.489 e. The highest BCUT2D eigenvalue weighted by atomic mass is 35.5. The van der Waals surface area contributed by atoms with Gasteiger partial charge < -0.3 is 14.8 Å². The summed E-state index contributed by atoms with van der Waals surface area (Å²) in [6.45, 7) is 1.42. The van der Waals surface area contributed by atoms with Crippen molar-refractivity contribution in [2.75, 3.05) is 18.5 Å². The number of carbonyl (C=O) groups is 1. The van der Waals surface area contributed by atoms with Crippen LogP contribution < -0.4 is 20.1 Å². The number of fused-ring (bicyclic) bond motifs is 1. The minimum absolute atomic E-state index is 0.284. The van der Waals surface area contributed by atoms with Gasteiger partial charge in [-0.25, -0.2) is 4.79 Å². The van der Waals surface area contributed by atoms with Gasteiger partial charge in [0.2, 0.25) is 5.13 Å². The van der Waals surface area contributed by atoms with Crippen molar-refractivity contribution in [2.24, 2.45) is 0 Å². The minimum atomic E-state index is -0.376. The van der Waals surface area contributed by atoms with Gasteiger partial charge in [0.25, 0.3) is 0 Å². The van der Waals surface area contributed by atoms with Crippen molar-refractivity contribution in [3.8, 4) is 22.9 Å². The van der Waals surface area contributed by atoms with Crippen LogP contribution in [0.2, 0.25) is 5.02 Å². The zero-order chi connectivity index (χ0) is 19.3. The Kier molecular flexibility index (Phi) is 5.59. The molecule has 0 spiro atoms. The molecule has 1 aliphatic rings. The third kappa shape index (κ3) is 4.35. The second kappa shape index (κ2) is 8.45. The summed E-state index contributed by atoms with van der Waals surface area (Å²) < 4.78 is 15.5. The minimum Gasteiger partial charge on any atom is -0.489 e. The van der Waals surface area contributed by atoms with Gasteiger partial charge in [-0.2, -0.15) is 9.36 Å². The third-order valence-corrected chi connectivity index (χ3v) is 4.90. The maximum absolute atomic E-state index is 12.2. The molecule has 0 radical (unpaired) electrons. The van der Waals surface area contributed by atoms with E-state index in [-0.39, 0.29) is 12.6 Å². The lowest BCUT2D eigenvalue weighted by molar-refractivity contribution is 0.251. The average Bonchev–Trinajstić information content (AvgIpc) is 3.03. The van der Waals surface area contributed by atoms with Gasteiger partial charge >= 0.3 is 6.03 Å². The van der Waals surface area contributed by atoms with Crippen LogP contribution in [0.15, 0.2) is 42.5 Å². The number of carbonyl (C=O) groups excluding carboxylic acids is 1. The molecular weight excluding hydrogens is 400 g/mol. The van der Waals surface area contributed by atoms with Crippen molar-refractivity contribution >= 4 is 34.3 Å². The van der Waals surface area contributed by atoms with Crippen molar-refractivity contribution < 1.29 is 14.3 Å². The van der Waals surface area contributed by atoms with E-state index in [0.29, 0.717) is 40.7 Å². The van der Waals surface area contributed by atoms with E-state index in [1.165, 1.54) is 0 Å². The summed E-state index contributed by atoms with van der Waals surface area (Å²) in [6.07, 6.45) is 0.799. The molecule has 0 fully saturated rings. The van der Waals surface area contributed by atoms with Crippen molar-refractivity contribution in [2.45, 2.75) is 13.0 Å². The van der Waals surface area contributed by atoms with Gasteiger partial charge in [-0.3, -0.25) is 5.32 Å². The van der Waals surface area contributed by atoms with Crippen LogP contribution in [0.1, 0.15) is 12.0 Å². The summed E-state index contributed by atoms with van der Waals surface area (Å²) in [4.78, 5) is 16.5. The molecule has 3 aromatic rings. The monoisotopic (exact) mass is 416 g/mol. The van der Waals surface area contributed by atoms with Gasteiger partial charge in [0.05, 0.1) is 18.2 Å². The molecule has 2 aromatic carbocycles. The number of hydrogen-bond donors (Lipinski definition) is 2. The van der Waals surface area contributed by atoms with E-state index >= 15 is 0 Å². The number of nitrogens with one attached hydrogen (secondary N) is 2. The van der Waals surface area contributed by atoms with Gasteiger partial charge in [-0.1, -0.05) is 41.9 Å². The second-order valence-electron chi connectivity index (χ2n) is 6.05. The molecule has 0 atom stereocenters. The molecule has 2 heterocycles. The summed E-state index contributed by atoms with van der Waals surface area (Å²) in [7, 11) is 0. The number of benzene rings is 2. The van der Waals surface area contributed by atoms with E-state index in [1.54, 1.807) is 6.07 Å². The number of ether oxygens (including phenoxy) is 2. The van der Waals surface area contributed by atoms with Crippen molar-refractivity contribution in [1.82, 2.24) is 14.7 Å². The van der Waals surface area contributed by atoms with Gasteiger partial charge in [-0.05, 0) is 17.7 Å². The van der Waals surface area contributed by atoms with Crippen molar-refractivity contribution in [3.63, 3.8) is 0 Å². The standard InChI is InChI=1S/C19H17ClN4O3S/c20-14-9-12(10-15-16(14)27-8-4-7-26-15)11-21-18(25)23-19-22-17(24-28-19)13-5-2-1-3-6-13/h1-3,5-6,9-10H,4,7-8,11H2,(H2,21,22,23,24,25). The van der Waals surface area contributed by atoms with E-state index in [0.717, 1.165) is 29.1 Å².